The van der Waals surface area contributed by atoms with Gasteiger partial charge in [-0.05, 0) is 37.0 Å². The maximum absolute atomic E-state index is 11.4. The number of aliphatic imine (C=N–C) groups is 1. The number of nitrogens with two attached hydrogens (primary N) is 1. The Bertz CT molecular complexity index is 858. The van der Waals surface area contributed by atoms with Crippen LogP contribution in [0.3, 0.4) is 0 Å². The number of hydrogen-bond acceptors (Lipinski definition) is 5. The normalized spacial score (nSPS) is 16.7. The second-order valence-electron chi connectivity index (χ2n) is 7.37. The third kappa shape index (κ3) is 6.61. The Morgan fingerprint density at radius 1 is 1.27 bits per heavy atom. The van der Waals surface area contributed by atoms with Gasteiger partial charge in [0.25, 0.3) is 0 Å². The molecule has 2 aromatic rings. The van der Waals surface area contributed by atoms with Crippen LogP contribution in [-0.4, -0.2) is 47.2 Å². The molecule has 1 amide bonds. The number of imidazole rings is 1. The van der Waals surface area contributed by atoms with Crippen LogP contribution in [-0.2, 0) is 11.2 Å². The van der Waals surface area contributed by atoms with E-state index in [1.807, 2.05) is 37.4 Å². The van der Waals surface area contributed by atoms with Crippen LogP contribution in [0.5, 0.6) is 0 Å². The van der Waals surface area contributed by atoms with Gasteiger partial charge in [-0.1, -0.05) is 19.1 Å². The third-order valence-electron chi connectivity index (χ3n) is 4.87. The second kappa shape index (κ2) is 11.0. The van der Waals surface area contributed by atoms with E-state index < -0.39 is 0 Å². The number of rotatable bonds is 10. The van der Waals surface area contributed by atoms with Crippen molar-refractivity contribution >= 4 is 23.3 Å². The van der Waals surface area contributed by atoms with Crippen LogP contribution in [0.2, 0.25) is 0 Å². The lowest BCUT2D eigenvalue weighted by Crippen LogP contribution is -2.32. The van der Waals surface area contributed by atoms with E-state index in [0.29, 0.717) is 18.9 Å². The summed E-state index contributed by atoms with van der Waals surface area (Å²) in [6, 6.07) is 8.11. The summed E-state index contributed by atoms with van der Waals surface area (Å²) in [6.07, 6.45) is 6.78. The molecule has 160 valence electrons. The molecular weight excluding hydrogens is 380 g/mol. The number of benzene rings is 1. The second-order valence-corrected chi connectivity index (χ2v) is 7.37. The molecule has 9 heteroatoms. The third-order valence-corrected chi connectivity index (χ3v) is 4.87. The first-order valence-corrected chi connectivity index (χ1v) is 10.3. The van der Waals surface area contributed by atoms with E-state index in [2.05, 4.69) is 36.1 Å². The number of amides is 1. The fraction of sp³-hybridized carbons (Fsp3) is 0.429. The zero-order valence-electron chi connectivity index (χ0n) is 17.3. The van der Waals surface area contributed by atoms with E-state index in [1.54, 1.807) is 6.33 Å². The molecule has 1 aromatic carbocycles. The number of aromatic amines is 1. The number of hydrazone groups is 1. The fourth-order valence-corrected chi connectivity index (χ4v) is 3.24. The van der Waals surface area contributed by atoms with Gasteiger partial charge < -0.3 is 21.4 Å². The zero-order chi connectivity index (χ0) is 21.2. The fourth-order valence-electron chi connectivity index (χ4n) is 3.24. The molecule has 1 aliphatic heterocycles. The van der Waals surface area contributed by atoms with Crippen molar-refractivity contribution < 1.29 is 4.79 Å². The van der Waals surface area contributed by atoms with Gasteiger partial charge in [0.15, 0.2) is 5.96 Å². The lowest BCUT2D eigenvalue weighted by molar-refractivity contribution is -0.121. The molecule has 1 unspecified atom stereocenters. The summed E-state index contributed by atoms with van der Waals surface area (Å²) in [5.41, 5.74) is 12.6. The van der Waals surface area contributed by atoms with E-state index in [-0.39, 0.29) is 11.8 Å². The first kappa shape index (κ1) is 21.4. The number of nitrogens with zero attached hydrogens (tertiary/aromatic N) is 3. The molecule has 1 aliphatic rings. The highest BCUT2D eigenvalue weighted by atomic mass is 16.2. The molecule has 0 saturated carbocycles. The van der Waals surface area contributed by atoms with Gasteiger partial charge in [-0.15, -0.1) is 0 Å². The predicted octanol–water partition coefficient (Wildman–Crippen LogP) is 1.61. The number of H-pyrrole nitrogens is 1. The molecule has 0 spiro atoms. The van der Waals surface area contributed by atoms with E-state index in [0.717, 1.165) is 55.0 Å². The molecule has 6 N–H and O–H groups in total. The van der Waals surface area contributed by atoms with Gasteiger partial charge in [-0.2, -0.15) is 5.10 Å². The first-order chi connectivity index (χ1) is 14.6. The van der Waals surface area contributed by atoms with E-state index in [9.17, 15) is 4.79 Å². The van der Waals surface area contributed by atoms with Crippen LogP contribution < -0.4 is 21.8 Å². The van der Waals surface area contributed by atoms with Crippen molar-refractivity contribution in [1.82, 2.24) is 20.7 Å². The van der Waals surface area contributed by atoms with Crippen molar-refractivity contribution in [3.8, 4) is 0 Å². The first-order valence-electron chi connectivity index (χ1n) is 10.3. The number of aryl methyl sites for hydroxylation is 1. The number of aromatic nitrogens is 2. The number of hydrogen-bond donors (Lipinski definition) is 5. The quantitative estimate of drug-likeness (QED) is 0.231. The van der Waals surface area contributed by atoms with Crippen molar-refractivity contribution in [3.05, 3.63) is 48.0 Å². The molecule has 1 aromatic heterocycles. The summed E-state index contributed by atoms with van der Waals surface area (Å²) in [5, 5.41) is 10.7. The van der Waals surface area contributed by atoms with Crippen molar-refractivity contribution in [2.75, 3.05) is 25.0 Å². The van der Waals surface area contributed by atoms with Crippen molar-refractivity contribution in [2.24, 2.45) is 21.7 Å². The molecule has 9 nitrogen and oxygen atoms in total. The Hall–Kier alpha value is -3.36. The highest BCUT2D eigenvalue weighted by Gasteiger charge is 2.21. The van der Waals surface area contributed by atoms with Crippen LogP contribution in [0.25, 0.3) is 0 Å². The molecule has 2 heterocycles. The summed E-state index contributed by atoms with van der Waals surface area (Å²) in [4.78, 5) is 22.8. The predicted molar refractivity (Wildman–Crippen MR) is 119 cm³/mol. The lowest BCUT2D eigenvalue weighted by Gasteiger charge is -2.19. The van der Waals surface area contributed by atoms with Crippen molar-refractivity contribution in [3.63, 3.8) is 0 Å². The SMILES string of the molecule is CC1CC(=O)NN=C1c1ccc(NCCCN=C(N)NCCCc2cnc[nH]2)cc1. The molecule has 1 atom stereocenters. The number of guanidine groups is 1. The van der Waals surface area contributed by atoms with Crippen molar-refractivity contribution in [2.45, 2.75) is 32.6 Å². The van der Waals surface area contributed by atoms with E-state index in [1.165, 1.54) is 0 Å². The Morgan fingerprint density at radius 3 is 2.83 bits per heavy atom. The van der Waals surface area contributed by atoms with Gasteiger partial charge in [-0.25, -0.2) is 10.4 Å². The van der Waals surface area contributed by atoms with Gasteiger partial charge in [0.2, 0.25) is 5.91 Å². The highest BCUT2D eigenvalue weighted by Crippen LogP contribution is 2.18. The van der Waals surface area contributed by atoms with E-state index in [4.69, 9.17) is 5.73 Å². The molecule has 0 radical (unpaired) electrons. The number of nitrogens with one attached hydrogen (secondary N) is 4. The minimum Gasteiger partial charge on any atom is -0.385 e. The monoisotopic (exact) mass is 410 g/mol. The topological polar surface area (TPSA) is 133 Å². The molecular formula is C21H30N8O. The van der Waals surface area contributed by atoms with Crippen LogP contribution in [0, 0.1) is 5.92 Å². The summed E-state index contributed by atoms with van der Waals surface area (Å²) >= 11 is 0. The summed E-state index contributed by atoms with van der Waals surface area (Å²) < 4.78 is 0. The summed E-state index contributed by atoms with van der Waals surface area (Å²) in [5.74, 6) is 0.579. The minimum atomic E-state index is -0.0304. The Morgan fingerprint density at radius 2 is 2.10 bits per heavy atom. The standard InChI is InChI=1S/C21H30N8O/c1-15-12-19(30)28-29-20(15)16-5-7-17(8-6-16)24-10-3-11-26-21(22)25-9-2-4-18-13-23-14-27-18/h5-8,13-15,24H,2-4,9-12H2,1H3,(H,23,27)(H,28,30)(H3,22,25,26). The average Bonchev–Trinajstić information content (AvgIpc) is 3.25. The Balaban J connectivity index is 1.31. The lowest BCUT2D eigenvalue weighted by atomic mass is 9.94. The Labute approximate surface area is 176 Å². The largest absolute Gasteiger partial charge is 0.385 e. The van der Waals surface area contributed by atoms with Gasteiger partial charge in [0, 0.05) is 49.6 Å². The summed E-state index contributed by atoms with van der Waals surface area (Å²) in [6.45, 7) is 4.28. The smallest absolute Gasteiger partial charge is 0.240 e. The van der Waals surface area contributed by atoms with Gasteiger partial charge >= 0.3 is 0 Å². The van der Waals surface area contributed by atoms with Gasteiger partial charge in [0.1, 0.15) is 0 Å². The highest BCUT2D eigenvalue weighted by molar-refractivity contribution is 6.05. The van der Waals surface area contributed by atoms with Crippen LogP contribution >= 0.6 is 0 Å². The van der Waals surface area contributed by atoms with Crippen LogP contribution in [0.1, 0.15) is 37.4 Å². The molecule has 0 saturated heterocycles. The number of anilines is 1. The molecule has 0 fully saturated rings. The Kier molecular flexibility index (Phi) is 7.82. The maximum atomic E-state index is 11.4. The van der Waals surface area contributed by atoms with Crippen LogP contribution in [0.15, 0.2) is 46.9 Å². The zero-order valence-corrected chi connectivity index (χ0v) is 17.3. The summed E-state index contributed by atoms with van der Waals surface area (Å²) in [7, 11) is 0. The van der Waals surface area contributed by atoms with E-state index >= 15 is 0 Å². The average molecular weight is 411 g/mol. The van der Waals surface area contributed by atoms with Gasteiger partial charge in [0.05, 0.1) is 12.0 Å². The molecule has 0 bridgehead atoms. The maximum Gasteiger partial charge on any atom is 0.240 e. The van der Waals surface area contributed by atoms with Gasteiger partial charge in [-0.3, -0.25) is 9.79 Å². The number of carbonyl (C=O) groups is 1. The van der Waals surface area contributed by atoms with Crippen molar-refractivity contribution in [1.29, 1.82) is 0 Å². The molecule has 3 rings (SSSR count). The minimum absolute atomic E-state index is 0.0304. The molecule has 30 heavy (non-hydrogen) atoms. The number of carbonyl (C=O) groups excluding carboxylic acids is 1. The van der Waals surface area contributed by atoms with Crippen LogP contribution in [0.4, 0.5) is 5.69 Å². The molecule has 0 aliphatic carbocycles.